The Bertz CT molecular complexity index is 345. The molecule has 2 heterocycles. The van der Waals surface area contributed by atoms with E-state index in [-0.39, 0.29) is 0 Å². The molecular formula is C11H14N3O. The molecule has 0 bridgehead atoms. The topological polar surface area (TPSA) is 38.2 Å². The molecule has 4 heteroatoms. The molecule has 0 N–H and O–H groups in total. The van der Waals surface area contributed by atoms with Gasteiger partial charge in [-0.1, -0.05) is 0 Å². The van der Waals surface area contributed by atoms with Crippen molar-refractivity contribution in [2.24, 2.45) is 0 Å². The predicted molar refractivity (Wildman–Crippen MR) is 55.9 cm³/mol. The molecule has 3 rings (SSSR count). The first-order valence-corrected chi connectivity index (χ1v) is 5.51. The second-order valence-electron chi connectivity index (χ2n) is 4.07. The molecule has 2 fully saturated rings. The lowest BCUT2D eigenvalue weighted by atomic mass is 10.3. The molecule has 1 aliphatic heterocycles. The Morgan fingerprint density at radius 2 is 2.13 bits per heavy atom. The van der Waals surface area contributed by atoms with Gasteiger partial charge in [0.25, 0.3) is 0 Å². The third kappa shape index (κ3) is 1.95. The van der Waals surface area contributed by atoms with Crippen molar-refractivity contribution in [3.63, 3.8) is 0 Å². The van der Waals surface area contributed by atoms with Gasteiger partial charge in [0.2, 0.25) is 5.95 Å². The summed E-state index contributed by atoms with van der Waals surface area (Å²) in [5.41, 5.74) is 1.09. The van der Waals surface area contributed by atoms with Gasteiger partial charge in [-0.15, -0.1) is 0 Å². The molecule has 79 valence electrons. The summed E-state index contributed by atoms with van der Waals surface area (Å²) in [4.78, 5) is 11.0. The molecule has 0 atom stereocenters. The van der Waals surface area contributed by atoms with E-state index in [1.165, 1.54) is 12.8 Å². The fraction of sp³-hybridized carbons (Fsp3) is 0.636. The maximum atomic E-state index is 5.31. The van der Waals surface area contributed by atoms with Gasteiger partial charge in [0, 0.05) is 31.3 Å². The zero-order valence-electron chi connectivity index (χ0n) is 8.65. The van der Waals surface area contributed by atoms with Crippen LogP contribution in [0, 0.1) is 6.07 Å². The van der Waals surface area contributed by atoms with Crippen LogP contribution in [0.3, 0.4) is 0 Å². The maximum Gasteiger partial charge on any atom is 0.225 e. The molecule has 1 saturated carbocycles. The minimum absolute atomic E-state index is 0.646. The summed E-state index contributed by atoms with van der Waals surface area (Å²) in [5.74, 6) is 1.49. The summed E-state index contributed by atoms with van der Waals surface area (Å²) in [6.45, 7) is 3.35. The molecule has 1 aliphatic carbocycles. The Kier molecular flexibility index (Phi) is 2.29. The number of aromatic nitrogens is 2. The minimum Gasteiger partial charge on any atom is -0.378 e. The molecule has 0 aromatic carbocycles. The normalized spacial score (nSPS) is 21.7. The quantitative estimate of drug-likeness (QED) is 0.720. The zero-order valence-corrected chi connectivity index (χ0v) is 8.65. The van der Waals surface area contributed by atoms with Crippen molar-refractivity contribution < 1.29 is 4.74 Å². The van der Waals surface area contributed by atoms with Gasteiger partial charge in [-0.05, 0) is 12.8 Å². The Labute approximate surface area is 89.3 Å². The largest absolute Gasteiger partial charge is 0.378 e. The molecule has 4 nitrogen and oxygen atoms in total. The van der Waals surface area contributed by atoms with Crippen LogP contribution >= 0.6 is 0 Å². The highest BCUT2D eigenvalue weighted by Crippen LogP contribution is 2.38. The van der Waals surface area contributed by atoms with Crippen molar-refractivity contribution in [1.82, 2.24) is 9.97 Å². The van der Waals surface area contributed by atoms with Gasteiger partial charge >= 0.3 is 0 Å². The van der Waals surface area contributed by atoms with Crippen LogP contribution in [0.5, 0.6) is 0 Å². The monoisotopic (exact) mass is 204 g/mol. The zero-order chi connectivity index (χ0) is 10.1. The average molecular weight is 204 g/mol. The van der Waals surface area contributed by atoms with Crippen molar-refractivity contribution in [1.29, 1.82) is 0 Å². The van der Waals surface area contributed by atoms with Gasteiger partial charge in [-0.25, -0.2) is 9.97 Å². The number of morpholine rings is 1. The molecule has 1 radical (unpaired) electrons. The van der Waals surface area contributed by atoms with Crippen molar-refractivity contribution in [2.75, 3.05) is 31.2 Å². The Balaban J connectivity index is 1.80. The second-order valence-corrected chi connectivity index (χ2v) is 4.07. The molecule has 1 saturated heterocycles. The first-order valence-electron chi connectivity index (χ1n) is 5.51. The Morgan fingerprint density at radius 3 is 2.87 bits per heavy atom. The molecule has 1 aromatic rings. The Morgan fingerprint density at radius 1 is 1.33 bits per heavy atom. The van der Waals surface area contributed by atoms with Crippen LogP contribution in [0.1, 0.15) is 24.5 Å². The van der Waals surface area contributed by atoms with E-state index in [0.717, 1.165) is 37.9 Å². The van der Waals surface area contributed by atoms with E-state index in [9.17, 15) is 0 Å². The van der Waals surface area contributed by atoms with Gasteiger partial charge in [-0.3, -0.25) is 0 Å². The lowest BCUT2D eigenvalue weighted by Crippen LogP contribution is -2.37. The number of anilines is 1. The van der Waals surface area contributed by atoms with E-state index in [2.05, 4.69) is 20.9 Å². The highest BCUT2D eigenvalue weighted by molar-refractivity contribution is 5.31. The van der Waals surface area contributed by atoms with Crippen molar-refractivity contribution in [3.05, 3.63) is 18.0 Å². The van der Waals surface area contributed by atoms with Crippen LogP contribution in [0.25, 0.3) is 0 Å². The van der Waals surface area contributed by atoms with E-state index in [1.807, 2.05) is 0 Å². The van der Waals surface area contributed by atoms with Gasteiger partial charge < -0.3 is 9.64 Å². The number of hydrogen-bond acceptors (Lipinski definition) is 4. The Hall–Kier alpha value is -1.16. The summed E-state index contributed by atoms with van der Waals surface area (Å²) >= 11 is 0. The van der Waals surface area contributed by atoms with E-state index in [0.29, 0.717) is 5.92 Å². The minimum atomic E-state index is 0.646. The van der Waals surface area contributed by atoms with Gasteiger partial charge in [0.15, 0.2) is 0 Å². The summed E-state index contributed by atoms with van der Waals surface area (Å²) in [6.07, 6.45) is 4.28. The summed E-state index contributed by atoms with van der Waals surface area (Å²) in [6, 6.07) is 3.13. The molecular weight excluding hydrogens is 190 g/mol. The van der Waals surface area contributed by atoms with Crippen molar-refractivity contribution >= 4 is 5.95 Å². The van der Waals surface area contributed by atoms with Crippen LogP contribution in [-0.4, -0.2) is 36.3 Å². The smallest absolute Gasteiger partial charge is 0.225 e. The van der Waals surface area contributed by atoms with Gasteiger partial charge in [-0.2, -0.15) is 0 Å². The molecule has 1 aromatic heterocycles. The third-order valence-electron chi connectivity index (χ3n) is 2.87. The standard InChI is InChI=1S/C11H14N3O/c1-2-9(1)10-3-4-12-11(13-10)14-5-7-15-8-6-14/h4,9H,1-2,5-8H2. The first-order chi connectivity index (χ1) is 7.43. The number of nitrogens with zero attached hydrogens (tertiary/aromatic N) is 3. The fourth-order valence-corrected chi connectivity index (χ4v) is 1.81. The third-order valence-corrected chi connectivity index (χ3v) is 2.87. The summed E-state index contributed by atoms with van der Waals surface area (Å²) in [5, 5.41) is 0. The first kappa shape index (κ1) is 9.09. The fourth-order valence-electron chi connectivity index (χ4n) is 1.81. The van der Waals surface area contributed by atoms with Crippen molar-refractivity contribution in [2.45, 2.75) is 18.8 Å². The van der Waals surface area contributed by atoms with E-state index >= 15 is 0 Å². The molecule has 15 heavy (non-hydrogen) atoms. The van der Waals surface area contributed by atoms with Gasteiger partial charge in [0.05, 0.1) is 18.9 Å². The number of hydrogen-bond donors (Lipinski definition) is 0. The second kappa shape index (κ2) is 3.77. The molecule has 0 unspecified atom stereocenters. The van der Waals surface area contributed by atoms with Gasteiger partial charge in [0.1, 0.15) is 0 Å². The van der Waals surface area contributed by atoms with Crippen LogP contribution in [0.2, 0.25) is 0 Å². The lowest BCUT2D eigenvalue weighted by Gasteiger charge is -2.26. The van der Waals surface area contributed by atoms with E-state index in [4.69, 9.17) is 4.74 Å². The van der Waals surface area contributed by atoms with Crippen LogP contribution in [0.15, 0.2) is 6.20 Å². The highest BCUT2D eigenvalue weighted by Gasteiger charge is 2.26. The number of ether oxygens (including phenoxy) is 1. The highest BCUT2D eigenvalue weighted by atomic mass is 16.5. The average Bonchev–Trinajstić information content (AvgIpc) is 3.14. The molecule has 0 amide bonds. The summed E-state index contributed by atoms with van der Waals surface area (Å²) in [7, 11) is 0. The molecule has 2 aliphatic rings. The lowest BCUT2D eigenvalue weighted by molar-refractivity contribution is 0.122. The van der Waals surface area contributed by atoms with Crippen molar-refractivity contribution in [3.8, 4) is 0 Å². The SMILES string of the molecule is [c]1cnc(N2CCOCC2)nc1C1CC1. The summed E-state index contributed by atoms with van der Waals surface area (Å²) < 4.78 is 5.31. The van der Waals surface area contributed by atoms with Crippen LogP contribution in [0.4, 0.5) is 5.95 Å². The maximum absolute atomic E-state index is 5.31. The van der Waals surface area contributed by atoms with E-state index < -0.39 is 0 Å². The number of rotatable bonds is 2. The molecule has 0 spiro atoms. The van der Waals surface area contributed by atoms with E-state index in [1.54, 1.807) is 6.20 Å². The predicted octanol–water partition coefficient (Wildman–Crippen LogP) is 0.991. The van der Waals surface area contributed by atoms with Crippen LogP contribution < -0.4 is 4.90 Å². The van der Waals surface area contributed by atoms with Crippen LogP contribution in [-0.2, 0) is 4.74 Å².